The highest BCUT2D eigenvalue weighted by Crippen LogP contribution is 2.21. The van der Waals surface area contributed by atoms with E-state index in [1.54, 1.807) is 16.2 Å². The molecule has 16 heavy (non-hydrogen) atoms. The van der Waals surface area contributed by atoms with Gasteiger partial charge in [0.1, 0.15) is 0 Å². The average Bonchev–Trinajstić information content (AvgIpc) is 2.77. The molecule has 1 unspecified atom stereocenters. The van der Waals surface area contributed by atoms with Crippen LogP contribution >= 0.6 is 11.3 Å². The first kappa shape index (κ1) is 12.7. The second-order valence-electron chi connectivity index (χ2n) is 3.59. The van der Waals surface area contributed by atoms with E-state index in [4.69, 9.17) is 5.11 Å². The molecule has 1 aliphatic rings. The second kappa shape index (κ2) is 5.12. The second-order valence-corrected chi connectivity index (χ2v) is 4.63. The van der Waals surface area contributed by atoms with E-state index in [2.05, 4.69) is 0 Å². The number of carbonyl (C=O) groups is 2. The van der Waals surface area contributed by atoms with Crippen molar-refractivity contribution < 1.29 is 14.7 Å². The smallest absolute Gasteiger partial charge is 0.308 e. The highest BCUT2D eigenvalue weighted by atomic mass is 32.1. The lowest BCUT2D eigenvalue weighted by molar-refractivity contribution is -0.141. The zero-order chi connectivity index (χ0) is 10.8. The van der Waals surface area contributed by atoms with Crippen LogP contribution in [0.5, 0.6) is 0 Å². The summed E-state index contributed by atoms with van der Waals surface area (Å²) in [6.45, 7) is 0.881. The molecule has 0 spiro atoms. The molecule has 1 aromatic rings. The Hall–Kier alpha value is -1.36. The lowest BCUT2D eigenvalue weighted by atomic mass is 10.1. The van der Waals surface area contributed by atoms with Crippen LogP contribution in [0.25, 0.3) is 0 Å². The third-order valence-corrected chi connectivity index (χ3v) is 3.35. The van der Waals surface area contributed by atoms with Crippen LogP contribution in [-0.4, -0.2) is 28.4 Å². The van der Waals surface area contributed by atoms with Crippen molar-refractivity contribution in [2.45, 2.75) is 20.4 Å². The molecule has 0 radical (unpaired) electrons. The molecule has 0 bridgehead atoms. The van der Waals surface area contributed by atoms with E-state index in [0.717, 1.165) is 4.88 Å². The normalized spacial score (nSPS) is 19.6. The zero-order valence-electron chi connectivity index (χ0n) is 8.05. The van der Waals surface area contributed by atoms with Crippen LogP contribution in [-0.2, 0) is 16.1 Å². The number of thiophene rings is 1. The number of amides is 1. The number of hydrogen-bond acceptors (Lipinski definition) is 3. The van der Waals surface area contributed by atoms with Crippen molar-refractivity contribution in [1.82, 2.24) is 4.90 Å². The van der Waals surface area contributed by atoms with Gasteiger partial charge in [0, 0.05) is 17.8 Å². The predicted molar refractivity (Wildman–Crippen MR) is 62.2 cm³/mol. The fraction of sp³-hybridized carbons (Fsp3) is 0.455. The van der Waals surface area contributed by atoms with Crippen molar-refractivity contribution in [3.8, 4) is 0 Å². The molecule has 2 rings (SSSR count). The van der Waals surface area contributed by atoms with Crippen molar-refractivity contribution in [1.29, 1.82) is 0 Å². The van der Waals surface area contributed by atoms with E-state index in [1.165, 1.54) is 0 Å². The third kappa shape index (κ3) is 2.61. The molecule has 5 heteroatoms. The standard InChI is InChI=1S/C10H11NO3S.CH4/c12-9-4-7(10(13)14)5-11(9)6-8-2-1-3-15-8;/h1-3,7H,4-6H2,(H,13,14);1H4. The average molecular weight is 241 g/mol. The van der Waals surface area contributed by atoms with Crippen molar-refractivity contribution >= 4 is 23.2 Å². The Morgan fingerprint density at radius 3 is 2.88 bits per heavy atom. The van der Waals surface area contributed by atoms with Crippen molar-refractivity contribution in [3.63, 3.8) is 0 Å². The highest BCUT2D eigenvalue weighted by Gasteiger charge is 2.34. The van der Waals surface area contributed by atoms with Gasteiger partial charge in [-0.15, -0.1) is 11.3 Å². The molecule has 1 saturated heterocycles. The number of nitrogens with zero attached hydrogens (tertiary/aromatic N) is 1. The molecule has 0 aliphatic carbocycles. The number of rotatable bonds is 3. The van der Waals surface area contributed by atoms with Gasteiger partial charge in [0.25, 0.3) is 0 Å². The summed E-state index contributed by atoms with van der Waals surface area (Å²) in [6, 6.07) is 3.88. The van der Waals surface area contributed by atoms with E-state index in [1.807, 2.05) is 17.5 Å². The number of carbonyl (C=O) groups excluding carboxylic acids is 1. The van der Waals surface area contributed by atoms with Crippen molar-refractivity contribution in [3.05, 3.63) is 22.4 Å². The van der Waals surface area contributed by atoms with E-state index >= 15 is 0 Å². The Morgan fingerprint density at radius 1 is 1.62 bits per heavy atom. The summed E-state index contributed by atoms with van der Waals surface area (Å²) in [7, 11) is 0. The minimum Gasteiger partial charge on any atom is -0.481 e. The van der Waals surface area contributed by atoms with Crippen molar-refractivity contribution in [2.75, 3.05) is 6.54 Å². The summed E-state index contributed by atoms with van der Waals surface area (Å²) in [5.74, 6) is -1.47. The summed E-state index contributed by atoms with van der Waals surface area (Å²) in [5.41, 5.74) is 0. The SMILES string of the molecule is C.O=C(O)C1CC(=O)N(Cc2cccs2)C1. The number of carboxylic acids is 1. The number of carboxylic acid groups (broad SMARTS) is 1. The van der Waals surface area contributed by atoms with Gasteiger partial charge in [-0.3, -0.25) is 9.59 Å². The molecular formula is C11H15NO3S. The van der Waals surface area contributed by atoms with Gasteiger partial charge in [0.15, 0.2) is 0 Å². The molecule has 1 aromatic heterocycles. The Labute approximate surface area is 98.5 Å². The number of likely N-dealkylation sites (tertiary alicyclic amines) is 1. The molecule has 1 amide bonds. The lowest BCUT2D eigenvalue weighted by Gasteiger charge is -2.14. The molecule has 1 fully saturated rings. The van der Waals surface area contributed by atoms with Crippen LogP contribution in [0.1, 0.15) is 18.7 Å². The fourth-order valence-electron chi connectivity index (χ4n) is 1.68. The summed E-state index contributed by atoms with van der Waals surface area (Å²) in [5, 5.41) is 10.7. The van der Waals surface area contributed by atoms with Gasteiger partial charge in [0.05, 0.1) is 12.5 Å². The van der Waals surface area contributed by atoms with E-state index in [-0.39, 0.29) is 19.8 Å². The Balaban J connectivity index is 0.00000128. The Kier molecular flexibility index (Phi) is 4.06. The van der Waals surface area contributed by atoms with E-state index < -0.39 is 11.9 Å². The van der Waals surface area contributed by atoms with Crippen molar-refractivity contribution in [2.24, 2.45) is 5.92 Å². The van der Waals surface area contributed by atoms with Crippen LogP contribution in [0, 0.1) is 5.92 Å². The number of hydrogen-bond donors (Lipinski definition) is 1. The highest BCUT2D eigenvalue weighted by molar-refractivity contribution is 7.09. The van der Waals surface area contributed by atoms with Gasteiger partial charge < -0.3 is 10.0 Å². The maximum Gasteiger partial charge on any atom is 0.308 e. The third-order valence-electron chi connectivity index (χ3n) is 2.49. The van der Waals surface area contributed by atoms with Crippen LogP contribution < -0.4 is 0 Å². The summed E-state index contributed by atoms with van der Waals surface area (Å²) >= 11 is 1.58. The first-order valence-electron chi connectivity index (χ1n) is 4.70. The minimum atomic E-state index is -0.878. The molecule has 4 nitrogen and oxygen atoms in total. The molecular weight excluding hydrogens is 226 g/mol. The number of aliphatic carboxylic acids is 1. The Morgan fingerprint density at radius 2 is 2.38 bits per heavy atom. The molecule has 2 heterocycles. The maximum atomic E-state index is 11.5. The van der Waals surface area contributed by atoms with Gasteiger partial charge in [-0.2, -0.15) is 0 Å². The first-order valence-corrected chi connectivity index (χ1v) is 5.58. The summed E-state index contributed by atoms with van der Waals surface area (Å²) in [6.07, 6.45) is 0.140. The van der Waals surface area contributed by atoms with Gasteiger partial charge in [-0.1, -0.05) is 13.5 Å². The van der Waals surface area contributed by atoms with Gasteiger partial charge in [-0.05, 0) is 11.4 Å². The molecule has 1 aliphatic heterocycles. The fourth-order valence-corrected chi connectivity index (χ4v) is 2.40. The van der Waals surface area contributed by atoms with Crippen LogP contribution in [0.4, 0.5) is 0 Å². The lowest BCUT2D eigenvalue weighted by Crippen LogP contribution is -2.25. The topological polar surface area (TPSA) is 57.6 Å². The Bertz CT molecular complexity index is 375. The van der Waals surface area contributed by atoms with Crippen LogP contribution in [0.15, 0.2) is 17.5 Å². The van der Waals surface area contributed by atoms with Crippen LogP contribution in [0.2, 0.25) is 0 Å². The van der Waals surface area contributed by atoms with Gasteiger partial charge in [0.2, 0.25) is 5.91 Å². The molecule has 1 atom stereocenters. The van der Waals surface area contributed by atoms with Gasteiger partial charge >= 0.3 is 5.97 Å². The van der Waals surface area contributed by atoms with E-state index in [0.29, 0.717) is 13.1 Å². The largest absolute Gasteiger partial charge is 0.481 e. The quantitative estimate of drug-likeness (QED) is 0.878. The summed E-state index contributed by atoms with van der Waals surface area (Å²) < 4.78 is 0. The molecule has 88 valence electrons. The first-order chi connectivity index (χ1) is 7.16. The maximum absolute atomic E-state index is 11.5. The zero-order valence-corrected chi connectivity index (χ0v) is 8.87. The molecule has 0 aromatic carbocycles. The predicted octanol–water partition coefficient (Wildman–Crippen LogP) is 1.82. The minimum absolute atomic E-state index is 0. The molecule has 1 N–H and O–H groups in total. The summed E-state index contributed by atoms with van der Waals surface area (Å²) in [4.78, 5) is 24.9. The monoisotopic (exact) mass is 241 g/mol. The van der Waals surface area contributed by atoms with Crippen LogP contribution in [0.3, 0.4) is 0 Å². The molecule has 0 saturated carbocycles. The van der Waals surface area contributed by atoms with E-state index in [9.17, 15) is 9.59 Å². The van der Waals surface area contributed by atoms with Gasteiger partial charge in [-0.25, -0.2) is 0 Å².